The summed E-state index contributed by atoms with van der Waals surface area (Å²) in [6.07, 6.45) is 1.70. The lowest BCUT2D eigenvalue weighted by atomic mass is 10.5. The standard InChI is InChI=1S/C6H11N2.C3H2F6N2/c1-3-8-5-4-7(2)6-8;4-1(5)2(6,7)11-3(8,9)10-1/h4-6H,3H2,1-2H3;10-11H/q+1;. The van der Waals surface area contributed by atoms with Crippen LogP contribution in [-0.2, 0) is 13.6 Å². The average Bonchev–Trinajstić information content (AvgIpc) is 2.66. The van der Waals surface area contributed by atoms with Crippen LogP contribution in [0.3, 0.4) is 0 Å². The Morgan fingerprint density at radius 3 is 1.68 bits per heavy atom. The van der Waals surface area contributed by atoms with Crippen molar-refractivity contribution in [2.45, 2.75) is 31.7 Å². The van der Waals surface area contributed by atoms with Gasteiger partial charge in [-0.2, -0.15) is 37.0 Å². The lowest BCUT2D eigenvalue weighted by molar-refractivity contribution is -0.671. The molecule has 1 fully saturated rings. The molecule has 0 bridgehead atoms. The Kier molecular flexibility index (Phi) is 4.15. The Labute approximate surface area is 105 Å². The second-order valence-electron chi connectivity index (χ2n) is 3.88. The molecule has 0 aliphatic carbocycles. The molecule has 4 nitrogen and oxygen atoms in total. The van der Waals surface area contributed by atoms with Crippen LogP contribution in [0, 0.1) is 0 Å². The third kappa shape index (κ3) is 3.83. The van der Waals surface area contributed by atoms with Crippen LogP contribution < -0.4 is 15.2 Å². The fourth-order valence-corrected chi connectivity index (χ4v) is 1.27. The largest absolute Gasteiger partial charge is 0.385 e. The van der Waals surface area contributed by atoms with Gasteiger partial charge in [0.25, 0.3) is 0 Å². The molecular formula is C9H13F6N4+. The Balaban J connectivity index is 0.000000200. The quantitative estimate of drug-likeness (QED) is 0.464. The summed E-state index contributed by atoms with van der Waals surface area (Å²) in [4.78, 5) is 0. The van der Waals surface area contributed by atoms with Crippen molar-refractivity contribution < 1.29 is 30.9 Å². The number of rotatable bonds is 1. The SMILES string of the molecule is CCn1cc[n+](C)c1.FC1(F)NC(F)(F)C(F)(F)N1. The van der Waals surface area contributed by atoms with Gasteiger partial charge in [0.1, 0.15) is 12.4 Å². The maximum Gasteiger partial charge on any atom is 0.385 e. The number of imidazole rings is 1. The number of nitrogens with zero attached hydrogens (tertiary/aromatic N) is 2. The van der Waals surface area contributed by atoms with Crippen molar-refractivity contribution in [2.24, 2.45) is 7.05 Å². The van der Waals surface area contributed by atoms with Crippen LogP contribution in [0.2, 0.25) is 0 Å². The number of nitrogens with one attached hydrogen (secondary N) is 2. The summed E-state index contributed by atoms with van der Waals surface area (Å²) in [5.74, 6) is 0. The van der Waals surface area contributed by atoms with Crippen molar-refractivity contribution >= 4 is 0 Å². The molecule has 0 atom stereocenters. The predicted molar refractivity (Wildman–Crippen MR) is 52.4 cm³/mol. The minimum Gasteiger partial charge on any atom is -0.240 e. The second kappa shape index (κ2) is 5.00. The van der Waals surface area contributed by atoms with E-state index in [9.17, 15) is 26.3 Å². The summed E-state index contributed by atoms with van der Waals surface area (Å²) < 4.78 is 74.9. The molecule has 0 unspecified atom stereocenters. The number of halogens is 6. The van der Waals surface area contributed by atoms with Crippen molar-refractivity contribution in [3.05, 3.63) is 18.7 Å². The maximum atomic E-state index is 11.8. The maximum absolute atomic E-state index is 11.8. The zero-order valence-corrected chi connectivity index (χ0v) is 10.1. The zero-order chi connectivity index (χ0) is 14.9. The van der Waals surface area contributed by atoms with Gasteiger partial charge < -0.3 is 0 Å². The van der Waals surface area contributed by atoms with Gasteiger partial charge in [0, 0.05) is 0 Å². The lowest BCUT2D eigenvalue weighted by Crippen LogP contribution is -2.47. The minimum absolute atomic E-state index is 0.132. The van der Waals surface area contributed by atoms with Gasteiger partial charge in [-0.1, -0.05) is 0 Å². The van der Waals surface area contributed by atoms with E-state index in [4.69, 9.17) is 0 Å². The van der Waals surface area contributed by atoms with E-state index in [0.717, 1.165) is 6.54 Å². The van der Waals surface area contributed by atoms with E-state index < -0.39 is 18.3 Å². The first-order valence-corrected chi connectivity index (χ1v) is 5.22. The predicted octanol–water partition coefficient (Wildman–Crippen LogP) is 1.25. The highest BCUT2D eigenvalue weighted by Crippen LogP contribution is 2.38. The molecule has 2 rings (SSSR count). The number of aromatic nitrogens is 2. The Morgan fingerprint density at radius 1 is 1.05 bits per heavy atom. The first kappa shape index (κ1) is 15.8. The molecule has 0 saturated carbocycles. The van der Waals surface area contributed by atoms with Crippen LogP contribution in [0.15, 0.2) is 18.7 Å². The smallest absolute Gasteiger partial charge is 0.240 e. The summed E-state index contributed by atoms with van der Waals surface area (Å²) in [5, 5.41) is 0.264. The Bertz CT molecular complexity index is 412. The molecule has 1 saturated heterocycles. The van der Waals surface area contributed by atoms with Crippen LogP contribution >= 0.6 is 0 Å². The molecule has 0 amide bonds. The molecule has 110 valence electrons. The molecule has 0 spiro atoms. The summed E-state index contributed by atoms with van der Waals surface area (Å²) in [6, 6.07) is -9.84. The van der Waals surface area contributed by atoms with Crippen molar-refractivity contribution in [3.63, 3.8) is 0 Å². The average molecular weight is 291 g/mol. The summed E-state index contributed by atoms with van der Waals surface area (Å²) >= 11 is 0. The highest BCUT2D eigenvalue weighted by atomic mass is 19.3. The summed E-state index contributed by atoms with van der Waals surface area (Å²) in [5.41, 5.74) is 0. The molecular weight excluding hydrogens is 278 g/mol. The van der Waals surface area contributed by atoms with E-state index in [2.05, 4.69) is 24.0 Å². The zero-order valence-electron chi connectivity index (χ0n) is 10.1. The Hall–Kier alpha value is -1.29. The van der Waals surface area contributed by atoms with Gasteiger partial charge in [-0.05, 0) is 6.92 Å². The van der Waals surface area contributed by atoms with E-state index in [0.29, 0.717) is 0 Å². The summed E-state index contributed by atoms with van der Waals surface area (Å²) in [7, 11) is 2.02. The topological polar surface area (TPSA) is 32.9 Å². The molecule has 0 radical (unpaired) electrons. The molecule has 1 aromatic heterocycles. The van der Waals surface area contributed by atoms with Gasteiger partial charge in [-0.3, -0.25) is 0 Å². The van der Waals surface area contributed by atoms with Crippen molar-refractivity contribution in [1.29, 1.82) is 0 Å². The van der Waals surface area contributed by atoms with Gasteiger partial charge in [0.2, 0.25) is 6.33 Å². The molecule has 2 N–H and O–H groups in total. The lowest BCUT2D eigenvalue weighted by Gasteiger charge is -2.14. The van der Waals surface area contributed by atoms with Gasteiger partial charge in [0.05, 0.1) is 13.6 Å². The number of aryl methyl sites for hydroxylation is 2. The monoisotopic (exact) mass is 291 g/mol. The van der Waals surface area contributed by atoms with Crippen LogP contribution in [0.5, 0.6) is 0 Å². The highest BCUT2D eigenvalue weighted by Gasteiger charge is 2.70. The fraction of sp³-hybridized carbons (Fsp3) is 0.667. The first-order chi connectivity index (χ1) is 8.49. The van der Waals surface area contributed by atoms with Crippen LogP contribution in [0.25, 0.3) is 0 Å². The third-order valence-electron chi connectivity index (χ3n) is 2.21. The number of hydrogen-bond acceptors (Lipinski definition) is 2. The molecule has 10 heteroatoms. The normalized spacial score (nSPS) is 22.7. The van der Waals surface area contributed by atoms with E-state index >= 15 is 0 Å². The van der Waals surface area contributed by atoms with Crippen molar-refractivity contribution in [3.8, 4) is 0 Å². The Morgan fingerprint density at radius 2 is 1.53 bits per heavy atom. The first-order valence-electron chi connectivity index (χ1n) is 5.22. The van der Waals surface area contributed by atoms with Gasteiger partial charge in [-0.25, -0.2) is 9.13 Å². The van der Waals surface area contributed by atoms with Gasteiger partial charge in [0.15, 0.2) is 0 Å². The highest BCUT2D eigenvalue weighted by molar-refractivity contribution is 4.92. The second-order valence-corrected chi connectivity index (χ2v) is 3.88. The van der Waals surface area contributed by atoms with Crippen LogP contribution in [-0.4, -0.2) is 22.8 Å². The molecule has 19 heavy (non-hydrogen) atoms. The van der Waals surface area contributed by atoms with Crippen molar-refractivity contribution in [1.82, 2.24) is 15.2 Å². The molecule has 1 aromatic rings. The van der Waals surface area contributed by atoms with E-state index in [1.165, 1.54) is 0 Å². The van der Waals surface area contributed by atoms with E-state index in [1.54, 1.807) is 0 Å². The summed E-state index contributed by atoms with van der Waals surface area (Å²) in [6.45, 7) is 3.18. The van der Waals surface area contributed by atoms with E-state index in [-0.39, 0.29) is 10.6 Å². The van der Waals surface area contributed by atoms with Crippen molar-refractivity contribution in [2.75, 3.05) is 0 Å². The molecule has 1 aliphatic heterocycles. The minimum atomic E-state index is -4.92. The third-order valence-corrected chi connectivity index (χ3v) is 2.21. The van der Waals surface area contributed by atoms with Crippen LogP contribution in [0.1, 0.15) is 6.92 Å². The molecule has 0 aromatic carbocycles. The van der Waals surface area contributed by atoms with Gasteiger partial charge in [-0.15, -0.1) is 0 Å². The van der Waals surface area contributed by atoms with Crippen LogP contribution in [0.4, 0.5) is 26.3 Å². The molecule has 1 aliphatic rings. The number of hydrogen-bond donors (Lipinski definition) is 2. The van der Waals surface area contributed by atoms with Gasteiger partial charge >= 0.3 is 18.3 Å². The fourth-order valence-electron chi connectivity index (χ4n) is 1.27. The van der Waals surface area contributed by atoms with E-state index in [1.807, 2.05) is 17.8 Å². The number of alkyl halides is 6. The molecule has 2 heterocycles.